The summed E-state index contributed by atoms with van der Waals surface area (Å²) in [6.45, 7) is 2.41. The largest absolute Gasteiger partial charge is 0.507 e. The van der Waals surface area contributed by atoms with Crippen molar-refractivity contribution in [3.63, 3.8) is 0 Å². The number of ether oxygens (including phenoxy) is 1. The van der Waals surface area contributed by atoms with Gasteiger partial charge in [0.25, 0.3) is 5.91 Å². The van der Waals surface area contributed by atoms with Gasteiger partial charge >= 0.3 is 5.97 Å². The number of esters is 1. The van der Waals surface area contributed by atoms with Crippen LogP contribution < -0.4 is 0 Å². The van der Waals surface area contributed by atoms with Crippen molar-refractivity contribution in [3.05, 3.63) is 28.2 Å². The maximum absolute atomic E-state index is 12.1. The average molecular weight is 356 g/mol. The lowest BCUT2D eigenvalue weighted by atomic mass is 10.0. The van der Waals surface area contributed by atoms with Crippen LogP contribution in [0.3, 0.4) is 0 Å². The highest BCUT2D eigenvalue weighted by Gasteiger charge is 2.24. The molecule has 1 heterocycles. The van der Waals surface area contributed by atoms with Crippen LogP contribution in [0.1, 0.15) is 36.5 Å². The summed E-state index contributed by atoms with van der Waals surface area (Å²) in [6, 6.07) is 4.66. The molecular weight excluding hydrogens is 338 g/mol. The average Bonchev–Trinajstić information content (AvgIpc) is 2.47. The number of phenols is 1. The van der Waals surface area contributed by atoms with Gasteiger partial charge in [-0.2, -0.15) is 0 Å². The zero-order chi connectivity index (χ0) is 15.4. The number of nitrogens with zero attached hydrogens (tertiary/aromatic N) is 1. The Balaban J connectivity index is 1.94. The van der Waals surface area contributed by atoms with Crippen LogP contribution in [0.2, 0.25) is 0 Å². The van der Waals surface area contributed by atoms with Crippen LogP contribution in [-0.2, 0) is 9.53 Å². The molecule has 21 heavy (non-hydrogen) atoms. The van der Waals surface area contributed by atoms with Crippen molar-refractivity contribution in [1.82, 2.24) is 4.90 Å². The molecule has 1 aliphatic rings. The predicted octanol–water partition coefficient (Wildman–Crippen LogP) is 2.71. The number of phenolic OH excluding ortho intramolecular Hbond substituents is 1. The minimum atomic E-state index is -0.702. The number of carbonyl (C=O) groups excluding carboxylic acids is 2. The molecule has 1 saturated heterocycles. The highest BCUT2D eigenvalue weighted by Crippen LogP contribution is 2.23. The van der Waals surface area contributed by atoms with Crippen LogP contribution in [0.25, 0.3) is 0 Å². The fraction of sp³-hybridized carbons (Fsp3) is 0.467. The minimum absolute atomic E-state index is 0.0452. The fourth-order valence-corrected chi connectivity index (χ4v) is 2.79. The molecule has 1 amide bonds. The van der Waals surface area contributed by atoms with Crippen molar-refractivity contribution >= 4 is 27.8 Å². The quantitative estimate of drug-likeness (QED) is 0.846. The highest BCUT2D eigenvalue weighted by atomic mass is 79.9. The van der Waals surface area contributed by atoms with Gasteiger partial charge in [0.1, 0.15) is 11.3 Å². The second-order valence-electron chi connectivity index (χ2n) is 5.17. The Morgan fingerprint density at radius 1 is 1.43 bits per heavy atom. The number of carbonyl (C=O) groups is 2. The maximum Gasteiger partial charge on any atom is 0.342 e. The van der Waals surface area contributed by atoms with Crippen LogP contribution in [-0.4, -0.2) is 41.1 Å². The molecule has 1 aliphatic heterocycles. The van der Waals surface area contributed by atoms with E-state index < -0.39 is 5.97 Å². The lowest BCUT2D eigenvalue weighted by molar-refractivity contribution is -0.137. The van der Waals surface area contributed by atoms with E-state index >= 15 is 0 Å². The monoisotopic (exact) mass is 355 g/mol. The zero-order valence-corrected chi connectivity index (χ0v) is 13.4. The Bertz CT molecular complexity index is 546. The maximum atomic E-state index is 12.1. The molecule has 1 N–H and O–H groups in total. The normalized spacial score (nSPS) is 18.4. The third kappa shape index (κ3) is 3.97. The van der Waals surface area contributed by atoms with Gasteiger partial charge in [-0.15, -0.1) is 0 Å². The van der Waals surface area contributed by atoms with Gasteiger partial charge in [0.2, 0.25) is 0 Å². The first-order valence-electron chi connectivity index (χ1n) is 6.94. The number of hydrogen-bond donors (Lipinski definition) is 1. The number of amides is 1. The summed E-state index contributed by atoms with van der Waals surface area (Å²) in [5, 5.41) is 9.64. The molecular formula is C15H18BrNO4. The molecule has 1 unspecified atom stereocenters. The standard InChI is InChI=1S/C15H18BrNO4/c1-10-4-2-3-7-17(10)14(19)9-21-15(20)12-8-11(16)5-6-13(12)18/h5-6,8,10,18H,2-4,7,9H2,1H3. The molecule has 1 fully saturated rings. The summed E-state index contributed by atoms with van der Waals surface area (Å²) in [5.41, 5.74) is 0.0452. The first kappa shape index (κ1) is 15.8. The number of benzene rings is 1. The van der Waals surface area contributed by atoms with Crippen molar-refractivity contribution in [2.24, 2.45) is 0 Å². The first-order valence-corrected chi connectivity index (χ1v) is 7.73. The molecule has 1 aromatic carbocycles. The van der Waals surface area contributed by atoms with Crippen LogP contribution >= 0.6 is 15.9 Å². The molecule has 1 aromatic rings. The van der Waals surface area contributed by atoms with Gasteiger partial charge in [-0.1, -0.05) is 15.9 Å². The van der Waals surface area contributed by atoms with Crippen molar-refractivity contribution in [2.75, 3.05) is 13.2 Å². The molecule has 0 aliphatic carbocycles. The summed E-state index contributed by atoms with van der Waals surface area (Å²) < 4.78 is 5.67. The van der Waals surface area contributed by atoms with Crippen LogP contribution in [0.4, 0.5) is 0 Å². The lowest BCUT2D eigenvalue weighted by Crippen LogP contribution is -2.44. The summed E-state index contributed by atoms with van der Waals surface area (Å²) in [6.07, 6.45) is 3.08. The Hall–Kier alpha value is -1.56. The molecule has 2 rings (SSSR count). The molecule has 0 bridgehead atoms. The van der Waals surface area contributed by atoms with E-state index in [1.807, 2.05) is 6.92 Å². The zero-order valence-electron chi connectivity index (χ0n) is 11.8. The Morgan fingerprint density at radius 2 is 2.19 bits per heavy atom. The van der Waals surface area contributed by atoms with E-state index in [-0.39, 0.29) is 29.9 Å². The SMILES string of the molecule is CC1CCCCN1C(=O)COC(=O)c1cc(Br)ccc1O. The van der Waals surface area contributed by atoms with Gasteiger partial charge in [-0.25, -0.2) is 4.79 Å². The molecule has 0 saturated carbocycles. The van der Waals surface area contributed by atoms with Gasteiger partial charge in [-0.05, 0) is 44.4 Å². The number of likely N-dealkylation sites (tertiary alicyclic amines) is 1. The summed E-state index contributed by atoms with van der Waals surface area (Å²) >= 11 is 3.22. The first-order chi connectivity index (χ1) is 9.99. The van der Waals surface area contributed by atoms with Gasteiger partial charge in [0.05, 0.1) is 0 Å². The fourth-order valence-electron chi connectivity index (χ4n) is 2.43. The van der Waals surface area contributed by atoms with Crippen LogP contribution in [0.5, 0.6) is 5.75 Å². The van der Waals surface area contributed by atoms with Crippen molar-refractivity contribution in [3.8, 4) is 5.75 Å². The Labute approximate surface area is 132 Å². The van der Waals surface area contributed by atoms with Gasteiger partial charge < -0.3 is 14.7 Å². The number of aromatic hydroxyl groups is 1. The summed E-state index contributed by atoms with van der Waals surface area (Å²) in [7, 11) is 0. The number of halogens is 1. The van der Waals surface area contributed by atoms with Crippen molar-refractivity contribution in [2.45, 2.75) is 32.2 Å². The van der Waals surface area contributed by atoms with E-state index in [0.717, 1.165) is 19.3 Å². The van der Waals surface area contributed by atoms with Crippen LogP contribution in [0.15, 0.2) is 22.7 Å². The van der Waals surface area contributed by atoms with Crippen LogP contribution in [0, 0.1) is 0 Å². The summed E-state index contributed by atoms with van der Waals surface area (Å²) in [4.78, 5) is 25.7. The van der Waals surface area contributed by atoms with Gasteiger partial charge in [0.15, 0.2) is 6.61 Å². The Kier molecular flexibility index (Phi) is 5.22. The minimum Gasteiger partial charge on any atom is -0.507 e. The van der Waals surface area contributed by atoms with E-state index in [2.05, 4.69) is 15.9 Å². The lowest BCUT2D eigenvalue weighted by Gasteiger charge is -2.33. The number of rotatable bonds is 3. The third-order valence-corrected chi connectivity index (χ3v) is 4.12. The molecule has 1 atom stereocenters. The molecule has 6 heteroatoms. The predicted molar refractivity (Wildman–Crippen MR) is 81.1 cm³/mol. The highest BCUT2D eigenvalue weighted by molar-refractivity contribution is 9.10. The van der Waals surface area contributed by atoms with E-state index in [0.29, 0.717) is 11.0 Å². The van der Waals surface area contributed by atoms with E-state index in [1.165, 1.54) is 12.1 Å². The third-order valence-electron chi connectivity index (χ3n) is 3.63. The molecule has 5 nitrogen and oxygen atoms in total. The molecule has 0 aromatic heterocycles. The molecule has 114 valence electrons. The van der Waals surface area contributed by atoms with Crippen molar-refractivity contribution < 1.29 is 19.4 Å². The van der Waals surface area contributed by atoms with Gasteiger partial charge in [0, 0.05) is 17.1 Å². The Morgan fingerprint density at radius 3 is 2.90 bits per heavy atom. The van der Waals surface area contributed by atoms with Crippen molar-refractivity contribution in [1.29, 1.82) is 0 Å². The number of piperidine rings is 1. The summed E-state index contributed by atoms with van der Waals surface area (Å²) in [5.74, 6) is -1.06. The molecule has 0 spiro atoms. The van der Waals surface area contributed by atoms with E-state index in [9.17, 15) is 14.7 Å². The van der Waals surface area contributed by atoms with E-state index in [1.54, 1.807) is 11.0 Å². The topological polar surface area (TPSA) is 66.8 Å². The van der Waals surface area contributed by atoms with Gasteiger partial charge in [-0.3, -0.25) is 4.79 Å². The second kappa shape index (κ2) is 6.93. The molecule has 0 radical (unpaired) electrons. The second-order valence-corrected chi connectivity index (χ2v) is 6.09. The smallest absolute Gasteiger partial charge is 0.342 e. The van der Waals surface area contributed by atoms with E-state index in [4.69, 9.17) is 4.74 Å². The number of hydrogen-bond acceptors (Lipinski definition) is 4.